The van der Waals surface area contributed by atoms with E-state index in [1.807, 2.05) is 0 Å². The van der Waals surface area contributed by atoms with Crippen molar-refractivity contribution >= 4 is 5.82 Å². The van der Waals surface area contributed by atoms with Crippen LogP contribution in [0.1, 0.15) is 5.56 Å². The number of aromatic nitrogens is 5. The predicted octanol–water partition coefficient (Wildman–Crippen LogP) is 2.11. The van der Waals surface area contributed by atoms with Gasteiger partial charge in [0.1, 0.15) is 23.5 Å². The van der Waals surface area contributed by atoms with Gasteiger partial charge in [0.2, 0.25) is 0 Å². The van der Waals surface area contributed by atoms with Gasteiger partial charge < -0.3 is 19.6 Å². The highest BCUT2D eigenvalue weighted by Gasteiger charge is 2.20. The molecule has 3 heterocycles. The summed E-state index contributed by atoms with van der Waals surface area (Å²) in [7, 11) is 1.53. The van der Waals surface area contributed by atoms with E-state index in [2.05, 4.69) is 20.2 Å². The van der Waals surface area contributed by atoms with Crippen molar-refractivity contribution in [3.05, 3.63) is 66.1 Å². The lowest BCUT2D eigenvalue weighted by Crippen LogP contribution is -2.32. The van der Waals surface area contributed by atoms with Gasteiger partial charge in [-0.05, 0) is 12.1 Å². The highest BCUT2D eigenvalue weighted by Crippen LogP contribution is 2.26. The second-order valence-corrected chi connectivity index (χ2v) is 7.13. The zero-order valence-electron chi connectivity index (χ0n) is 17.1. The topological polar surface area (TPSA) is 113 Å². The highest BCUT2D eigenvalue weighted by atomic mass is 19.1. The molecule has 0 fully saturated rings. The van der Waals surface area contributed by atoms with Crippen molar-refractivity contribution < 1.29 is 23.5 Å². The SMILES string of the molecule is CN(C[C@@H](O)CO)c1nc(-c2cc(-c3ccon3)n(Cc3ccccc3F)n2)ncc1F. The lowest BCUT2D eigenvalue weighted by molar-refractivity contribution is 0.101. The number of nitrogens with zero attached hydrogens (tertiary/aromatic N) is 6. The molecule has 2 N–H and O–H groups in total. The van der Waals surface area contributed by atoms with Gasteiger partial charge in [-0.1, -0.05) is 23.4 Å². The molecule has 166 valence electrons. The van der Waals surface area contributed by atoms with E-state index in [0.29, 0.717) is 22.6 Å². The first-order valence-electron chi connectivity index (χ1n) is 9.71. The number of hydrogen-bond donors (Lipinski definition) is 2. The maximum atomic E-state index is 14.3. The molecule has 0 aliphatic rings. The van der Waals surface area contributed by atoms with Crippen LogP contribution in [0.3, 0.4) is 0 Å². The summed E-state index contributed by atoms with van der Waals surface area (Å²) >= 11 is 0. The van der Waals surface area contributed by atoms with Gasteiger partial charge >= 0.3 is 0 Å². The summed E-state index contributed by atoms with van der Waals surface area (Å²) in [6, 6.07) is 9.63. The fourth-order valence-corrected chi connectivity index (χ4v) is 3.19. The van der Waals surface area contributed by atoms with Gasteiger partial charge in [0, 0.05) is 25.2 Å². The van der Waals surface area contributed by atoms with Crippen LogP contribution in [0, 0.1) is 11.6 Å². The van der Waals surface area contributed by atoms with Gasteiger partial charge in [-0.25, -0.2) is 18.7 Å². The predicted molar refractivity (Wildman–Crippen MR) is 111 cm³/mol. The fourth-order valence-electron chi connectivity index (χ4n) is 3.19. The molecule has 4 rings (SSSR count). The molecule has 9 nitrogen and oxygen atoms in total. The van der Waals surface area contributed by atoms with Crippen LogP contribution in [0.25, 0.3) is 22.9 Å². The number of aliphatic hydroxyl groups is 2. The van der Waals surface area contributed by atoms with Crippen LogP contribution in [0.5, 0.6) is 0 Å². The Balaban J connectivity index is 1.73. The summed E-state index contributed by atoms with van der Waals surface area (Å²) in [6.45, 7) is -0.382. The number of aliphatic hydroxyl groups excluding tert-OH is 2. The van der Waals surface area contributed by atoms with E-state index in [1.54, 1.807) is 30.3 Å². The maximum absolute atomic E-state index is 14.3. The second kappa shape index (κ2) is 9.20. The van der Waals surface area contributed by atoms with Crippen molar-refractivity contribution in [3.8, 4) is 22.9 Å². The van der Waals surface area contributed by atoms with E-state index in [4.69, 9.17) is 9.63 Å². The van der Waals surface area contributed by atoms with Gasteiger partial charge in [0.05, 0.1) is 31.1 Å². The molecule has 4 aromatic rings. The van der Waals surface area contributed by atoms with Crippen molar-refractivity contribution in [3.63, 3.8) is 0 Å². The third kappa shape index (κ3) is 4.48. The number of anilines is 1. The van der Waals surface area contributed by atoms with Crippen molar-refractivity contribution in [2.75, 3.05) is 25.1 Å². The smallest absolute Gasteiger partial charge is 0.183 e. The quantitative estimate of drug-likeness (QED) is 0.427. The Labute approximate surface area is 181 Å². The van der Waals surface area contributed by atoms with Crippen molar-refractivity contribution in [1.29, 1.82) is 0 Å². The van der Waals surface area contributed by atoms with E-state index >= 15 is 0 Å². The molecule has 0 bridgehead atoms. The average Bonchev–Trinajstić information content (AvgIpc) is 3.45. The van der Waals surface area contributed by atoms with Gasteiger partial charge in [-0.2, -0.15) is 5.10 Å². The summed E-state index contributed by atoms with van der Waals surface area (Å²) in [5, 5.41) is 27.1. The van der Waals surface area contributed by atoms with Crippen molar-refractivity contribution in [1.82, 2.24) is 24.9 Å². The molecule has 0 aliphatic heterocycles. The normalized spacial score (nSPS) is 12.2. The zero-order chi connectivity index (χ0) is 22.7. The van der Waals surface area contributed by atoms with Crippen molar-refractivity contribution in [2.45, 2.75) is 12.6 Å². The molecule has 1 aromatic carbocycles. The molecule has 0 saturated heterocycles. The van der Waals surface area contributed by atoms with Crippen LogP contribution in [-0.4, -0.2) is 61.4 Å². The number of benzene rings is 1. The Morgan fingerprint density at radius 3 is 2.69 bits per heavy atom. The van der Waals surface area contributed by atoms with Crippen LogP contribution < -0.4 is 4.90 Å². The monoisotopic (exact) mass is 442 g/mol. The molecule has 0 radical (unpaired) electrons. The van der Waals surface area contributed by atoms with Crippen LogP contribution in [0.4, 0.5) is 14.6 Å². The summed E-state index contributed by atoms with van der Waals surface area (Å²) in [6.07, 6.45) is 1.35. The van der Waals surface area contributed by atoms with Crippen molar-refractivity contribution in [2.24, 2.45) is 0 Å². The minimum atomic E-state index is -1.06. The molecule has 0 aliphatic carbocycles. The Kier molecular flexibility index (Phi) is 6.19. The highest BCUT2D eigenvalue weighted by molar-refractivity contribution is 5.63. The van der Waals surface area contributed by atoms with Gasteiger partial charge in [-0.15, -0.1) is 0 Å². The molecule has 0 spiro atoms. The summed E-state index contributed by atoms with van der Waals surface area (Å²) < 4.78 is 35.0. The third-order valence-corrected chi connectivity index (χ3v) is 4.77. The minimum Gasteiger partial charge on any atom is -0.394 e. The Morgan fingerprint density at radius 2 is 1.97 bits per heavy atom. The first kappa shape index (κ1) is 21.5. The molecule has 3 aromatic heterocycles. The van der Waals surface area contributed by atoms with Crippen LogP contribution in [0.2, 0.25) is 0 Å². The number of likely N-dealkylation sites (N-methyl/N-ethyl adjacent to an activating group) is 1. The molecule has 0 unspecified atom stereocenters. The first-order chi connectivity index (χ1) is 15.5. The average molecular weight is 442 g/mol. The molecular formula is C21H20F2N6O3. The largest absolute Gasteiger partial charge is 0.394 e. The molecule has 32 heavy (non-hydrogen) atoms. The molecule has 0 amide bonds. The lowest BCUT2D eigenvalue weighted by atomic mass is 10.2. The standard InChI is InChI=1S/C21H20F2N6O3/c1-28(11-14(31)12-30)21-16(23)9-24-20(25-21)18-8-19(17-6-7-32-27-17)29(26-18)10-13-4-2-3-5-15(13)22/h2-9,14,30-31H,10-12H2,1H3/t14-/m1/s1. The van der Waals surface area contributed by atoms with E-state index in [0.717, 1.165) is 6.20 Å². The number of hydrogen-bond acceptors (Lipinski definition) is 8. The van der Waals surface area contributed by atoms with E-state index in [9.17, 15) is 13.9 Å². The van der Waals surface area contributed by atoms with Crippen LogP contribution >= 0.6 is 0 Å². The molecule has 0 saturated carbocycles. The second-order valence-electron chi connectivity index (χ2n) is 7.13. The summed E-state index contributed by atoms with van der Waals surface area (Å²) in [5.74, 6) is -0.998. The lowest BCUT2D eigenvalue weighted by Gasteiger charge is -2.21. The maximum Gasteiger partial charge on any atom is 0.183 e. The van der Waals surface area contributed by atoms with Gasteiger partial charge in [-0.3, -0.25) is 4.68 Å². The van der Waals surface area contributed by atoms with Crippen LogP contribution in [0.15, 0.2) is 53.4 Å². The van der Waals surface area contributed by atoms with Gasteiger partial charge in [0.25, 0.3) is 0 Å². The zero-order valence-corrected chi connectivity index (χ0v) is 17.1. The Bertz CT molecular complexity index is 1200. The fraction of sp³-hybridized carbons (Fsp3) is 0.238. The summed E-state index contributed by atoms with van der Waals surface area (Å²) in [5.41, 5.74) is 1.75. The van der Waals surface area contributed by atoms with E-state index < -0.39 is 18.5 Å². The van der Waals surface area contributed by atoms with Crippen LogP contribution in [-0.2, 0) is 6.54 Å². The Hall–Kier alpha value is -3.70. The molecular weight excluding hydrogens is 422 g/mol. The molecule has 1 atom stereocenters. The van der Waals surface area contributed by atoms with E-state index in [1.165, 1.54) is 29.0 Å². The number of halogens is 2. The Morgan fingerprint density at radius 1 is 1.16 bits per heavy atom. The first-order valence-corrected chi connectivity index (χ1v) is 9.71. The third-order valence-electron chi connectivity index (χ3n) is 4.77. The summed E-state index contributed by atoms with van der Waals surface area (Å²) in [4.78, 5) is 9.65. The molecule has 11 heteroatoms. The van der Waals surface area contributed by atoms with E-state index in [-0.39, 0.29) is 30.5 Å². The minimum absolute atomic E-state index is 0.0320. The van der Waals surface area contributed by atoms with Gasteiger partial charge in [0.15, 0.2) is 17.5 Å². The number of rotatable bonds is 8.